The maximum absolute atomic E-state index is 6.32. The van der Waals surface area contributed by atoms with Gasteiger partial charge >= 0.3 is 0 Å². The van der Waals surface area contributed by atoms with Crippen LogP contribution in [0.1, 0.15) is 92.9 Å². The van der Waals surface area contributed by atoms with Crippen LogP contribution < -0.4 is 0 Å². The van der Waals surface area contributed by atoms with Crippen LogP contribution in [-0.4, -0.2) is 9.97 Å². The fourth-order valence-electron chi connectivity index (χ4n) is 12.7. The normalized spacial score (nSPS) is 19.2. The summed E-state index contributed by atoms with van der Waals surface area (Å²) in [6, 6.07) is 49.3. The van der Waals surface area contributed by atoms with Crippen LogP contribution in [0.5, 0.6) is 0 Å². The van der Waals surface area contributed by atoms with E-state index in [1.54, 1.807) is 27.8 Å². The Bertz CT molecular complexity index is 3120. The molecule has 2 spiro atoms. The van der Waals surface area contributed by atoms with E-state index in [2.05, 4.69) is 127 Å². The van der Waals surface area contributed by atoms with Crippen molar-refractivity contribution in [2.45, 2.75) is 81.5 Å². The molecule has 6 aromatic carbocycles. The molecule has 0 bridgehead atoms. The van der Waals surface area contributed by atoms with Crippen molar-refractivity contribution < 1.29 is 4.42 Å². The van der Waals surface area contributed by atoms with Crippen LogP contribution in [0.3, 0.4) is 0 Å². The molecule has 2 heterocycles. The van der Waals surface area contributed by atoms with Gasteiger partial charge in [-0.3, -0.25) is 0 Å². The minimum Gasteiger partial charge on any atom is -0.438 e. The van der Waals surface area contributed by atoms with E-state index in [0.717, 1.165) is 33.2 Å². The van der Waals surface area contributed by atoms with E-state index in [4.69, 9.17) is 14.4 Å². The van der Waals surface area contributed by atoms with Gasteiger partial charge in [0.25, 0.3) is 0 Å². The highest BCUT2D eigenvalue weighted by Crippen LogP contribution is 2.63. The Labute approximate surface area is 357 Å². The first kappa shape index (κ1) is 35.4. The van der Waals surface area contributed by atoms with Gasteiger partial charge in [-0.1, -0.05) is 160 Å². The molecule has 61 heavy (non-hydrogen) atoms. The Kier molecular flexibility index (Phi) is 7.90. The summed E-state index contributed by atoms with van der Waals surface area (Å²) in [5.74, 6) is 1.30. The van der Waals surface area contributed by atoms with Crippen molar-refractivity contribution in [3.63, 3.8) is 0 Å². The third-order valence-corrected chi connectivity index (χ3v) is 15.6. The van der Waals surface area contributed by atoms with Gasteiger partial charge in [0.05, 0.1) is 11.1 Å². The Hall–Kier alpha value is -6.32. The molecule has 5 aliphatic rings. The Balaban J connectivity index is 0.878. The lowest BCUT2D eigenvalue weighted by molar-refractivity contribution is 0.241. The highest BCUT2D eigenvalue weighted by Gasteiger charge is 2.52. The molecular formula is C58H48N2O. The highest BCUT2D eigenvalue weighted by molar-refractivity contribution is 6.10. The van der Waals surface area contributed by atoms with Gasteiger partial charge in [0.2, 0.25) is 5.71 Å². The van der Waals surface area contributed by atoms with Crippen molar-refractivity contribution in [1.82, 2.24) is 9.97 Å². The Morgan fingerprint density at radius 1 is 0.508 bits per heavy atom. The lowest BCUT2D eigenvalue weighted by Gasteiger charge is -2.40. The zero-order valence-corrected chi connectivity index (χ0v) is 34.6. The second-order valence-electron chi connectivity index (χ2n) is 18.6. The molecule has 2 fully saturated rings. The monoisotopic (exact) mass is 788 g/mol. The summed E-state index contributed by atoms with van der Waals surface area (Å²) in [6.45, 7) is 0. The van der Waals surface area contributed by atoms with Crippen molar-refractivity contribution >= 4 is 27.6 Å². The van der Waals surface area contributed by atoms with Gasteiger partial charge in [0.1, 0.15) is 5.58 Å². The van der Waals surface area contributed by atoms with Crippen LogP contribution in [0.15, 0.2) is 156 Å². The summed E-state index contributed by atoms with van der Waals surface area (Å²) in [5.41, 5.74) is 20.8. The first-order valence-corrected chi connectivity index (χ1v) is 22.8. The van der Waals surface area contributed by atoms with Crippen molar-refractivity contribution in [3.8, 4) is 56.0 Å². The molecule has 13 rings (SSSR count). The quantitative estimate of drug-likeness (QED) is 0.178. The van der Waals surface area contributed by atoms with Crippen LogP contribution in [0.4, 0.5) is 0 Å². The van der Waals surface area contributed by atoms with Crippen LogP contribution >= 0.6 is 0 Å². The van der Waals surface area contributed by atoms with E-state index >= 15 is 0 Å². The fourth-order valence-corrected chi connectivity index (χ4v) is 12.7. The molecule has 2 saturated carbocycles. The van der Waals surface area contributed by atoms with Gasteiger partial charge in [-0.15, -0.1) is 0 Å². The predicted molar refractivity (Wildman–Crippen MR) is 250 cm³/mol. The lowest BCUT2D eigenvalue weighted by atomic mass is 9.63. The minimum absolute atomic E-state index is 0.128. The molecular weight excluding hydrogens is 741 g/mol. The van der Waals surface area contributed by atoms with Crippen molar-refractivity contribution in [2.24, 2.45) is 5.92 Å². The van der Waals surface area contributed by atoms with E-state index < -0.39 is 0 Å². The molecule has 1 atom stereocenters. The summed E-state index contributed by atoms with van der Waals surface area (Å²) >= 11 is 0. The van der Waals surface area contributed by atoms with Crippen LogP contribution in [0.2, 0.25) is 0 Å². The molecule has 296 valence electrons. The van der Waals surface area contributed by atoms with E-state index in [1.807, 2.05) is 24.3 Å². The molecule has 0 radical (unpaired) electrons. The molecule has 5 aliphatic carbocycles. The van der Waals surface area contributed by atoms with Gasteiger partial charge in [-0.05, 0) is 130 Å². The van der Waals surface area contributed by atoms with Crippen LogP contribution in [-0.2, 0) is 10.8 Å². The standard InChI is InChI=1S/C58H48N2O/c1-4-15-38(16-5-1)54-53-44-20-7-9-22-52(44)61-56(53)60-55(59-54)39-25-23-37(24-26-39)40-17-14-18-41(33-40)42-27-28-49-45(34-42)47-36-50-46(35-51(47)58(49)31-12-3-13-32-58)43-19-6-8-21-48(43)57(50)29-10-2-11-30-57/h1,4-9,14-20,22-28,33-36,48H,2-3,10-13,21,29-32H2. The second-order valence-corrected chi connectivity index (χ2v) is 18.6. The van der Waals surface area contributed by atoms with E-state index in [1.165, 1.54) is 104 Å². The molecule has 0 N–H and O–H groups in total. The van der Waals surface area contributed by atoms with Crippen molar-refractivity contribution in [3.05, 3.63) is 174 Å². The zero-order valence-electron chi connectivity index (χ0n) is 34.6. The predicted octanol–water partition coefficient (Wildman–Crippen LogP) is 15.4. The third kappa shape index (κ3) is 5.29. The number of para-hydroxylation sites is 1. The lowest BCUT2D eigenvalue weighted by Crippen LogP contribution is -2.34. The summed E-state index contributed by atoms with van der Waals surface area (Å²) in [6.07, 6.45) is 21.7. The maximum Gasteiger partial charge on any atom is 0.231 e. The highest BCUT2D eigenvalue weighted by atomic mass is 16.3. The smallest absolute Gasteiger partial charge is 0.231 e. The van der Waals surface area contributed by atoms with Gasteiger partial charge < -0.3 is 4.42 Å². The second kappa shape index (κ2) is 13.6. The summed E-state index contributed by atoms with van der Waals surface area (Å²) in [7, 11) is 0. The maximum atomic E-state index is 6.32. The minimum atomic E-state index is 0.128. The topological polar surface area (TPSA) is 38.9 Å². The number of hydrogen-bond acceptors (Lipinski definition) is 3. The van der Waals surface area contributed by atoms with Crippen molar-refractivity contribution in [2.75, 3.05) is 0 Å². The number of allylic oxidation sites excluding steroid dienone is 4. The molecule has 1 unspecified atom stereocenters. The van der Waals surface area contributed by atoms with E-state index in [0.29, 0.717) is 22.9 Å². The summed E-state index contributed by atoms with van der Waals surface area (Å²) in [4.78, 5) is 10.2. The molecule has 2 aromatic heterocycles. The number of rotatable bonds is 4. The van der Waals surface area contributed by atoms with E-state index in [9.17, 15) is 0 Å². The number of aromatic nitrogens is 2. The van der Waals surface area contributed by atoms with Gasteiger partial charge in [0.15, 0.2) is 5.82 Å². The average molecular weight is 789 g/mol. The van der Waals surface area contributed by atoms with E-state index in [-0.39, 0.29) is 5.41 Å². The Morgan fingerprint density at radius 3 is 2.02 bits per heavy atom. The van der Waals surface area contributed by atoms with Crippen molar-refractivity contribution in [1.29, 1.82) is 0 Å². The summed E-state index contributed by atoms with van der Waals surface area (Å²) < 4.78 is 6.32. The molecule has 3 heteroatoms. The average Bonchev–Trinajstić information content (AvgIpc) is 3.93. The molecule has 3 nitrogen and oxygen atoms in total. The number of benzene rings is 6. The molecule has 0 aliphatic heterocycles. The largest absolute Gasteiger partial charge is 0.438 e. The number of furan rings is 1. The number of fused-ring (bicyclic) bond motifs is 13. The van der Waals surface area contributed by atoms with Crippen LogP contribution in [0, 0.1) is 5.92 Å². The number of hydrogen-bond donors (Lipinski definition) is 0. The number of nitrogens with zero attached hydrogens (tertiary/aromatic N) is 2. The first-order valence-electron chi connectivity index (χ1n) is 22.8. The van der Waals surface area contributed by atoms with Crippen LogP contribution in [0.25, 0.3) is 83.7 Å². The Morgan fingerprint density at radius 2 is 1.18 bits per heavy atom. The zero-order chi connectivity index (χ0) is 40.1. The third-order valence-electron chi connectivity index (χ3n) is 15.6. The fraction of sp³-hybridized carbons (Fsp3) is 0.241. The summed E-state index contributed by atoms with van der Waals surface area (Å²) in [5, 5.41) is 1.98. The first-order chi connectivity index (χ1) is 30.2. The van der Waals surface area contributed by atoms with Gasteiger partial charge in [-0.25, -0.2) is 4.98 Å². The molecule has 0 amide bonds. The molecule has 8 aromatic rings. The molecule has 0 saturated heterocycles. The van der Waals surface area contributed by atoms with Gasteiger partial charge in [-0.2, -0.15) is 4.98 Å². The van der Waals surface area contributed by atoms with Gasteiger partial charge in [0, 0.05) is 27.3 Å². The SMILES string of the molecule is C1=CCC2C(=C1)c1cc3c(cc1C21CCCCC1)-c1cc(-c2cccc(-c4ccc(-c5nc(-c6ccccc6)c6c(n5)oc5ccccc56)cc4)c2)ccc1C31CCCCC1.